The maximum atomic E-state index is 12.1. The Labute approximate surface area is 164 Å². The van der Waals surface area contributed by atoms with Gasteiger partial charge in [0.1, 0.15) is 5.75 Å². The number of pyridine rings is 1. The molecule has 3 aromatic rings. The number of hydrogen-bond acceptors (Lipinski definition) is 5. The van der Waals surface area contributed by atoms with E-state index < -0.39 is 5.97 Å². The molecule has 1 aromatic heterocycles. The number of ether oxygens (including phenoxy) is 1. The maximum Gasteiger partial charge on any atom is 0.343 e. The molecule has 0 aliphatic rings. The van der Waals surface area contributed by atoms with E-state index in [0.29, 0.717) is 16.9 Å². The van der Waals surface area contributed by atoms with Gasteiger partial charge in [0.05, 0.1) is 17.3 Å². The summed E-state index contributed by atoms with van der Waals surface area (Å²) in [5.41, 5.74) is 4.03. The topological polar surface area (TPSA) is 80.6 Å². The van der Waals surface area contributed by atoms with Crippen LogP contribution in [0.25, 0.3) is 0 Å². The zero-order valence-electron chi connectivity index (χ0n) is 14.0. The van der Waals surface area contributed by atoms with Crippen LogP contribution in [0.4, 0.5) is 0 Å². The van der Waals surface area contributed by atoms with Gasteiger partial charge in [-0.3, -0.25) is 9.78 Å². The number of aromatic nitrogens is 1. The van der Waals surface area contributed by atoms with Crippen molar-refractivity contribution in [3.8, 4) is 5.75 Å². The first kappa shape index (κ1) is 18.5. The average molecular weight is 424 g/mol. The summed E-state index contributed by atoms with van der Waals surface area (Å²) in [6.45, 7) is 0. The second kappa shape index (κ2) is 8.86. The van der Waals surface area contributed by atoms with Gasteiger partial charge in [0.15, 0.2) is 0 Å². The fraction of sp³-hybridized carbons (Fsp3) is 0. The summed E-state index contributed by atoms with van der Waals surface area (Å²) in [6, 6.07) is 17.0. The van der Waals surface area contributed by atoms with Gasteiger partial charge < -0.3 is 4.74 Å². The Hall–Kier alpha value is -3.32. The highest BCUT2D eigenvalue weighted by Crippen LogP contribution is 2.16. The normalized spacial score (nSPS) is 10.6. The Bertz CT molecular complexity index is 973. The molecule has 1 heterocycles. The van der Waals surface area contributed by atoms with Crippen LogP contribution in [-0.4, -0.2) is 23.1 Å². The molecule has 134 valence electrons. The largest absolute Gasteiger partial charge is 0.423 e. The number of halogens is 1. The highest BCUT2D eigenvalue weighted by Gasteiger charge is 2.08. The van der Waals surface area contributed by atoms with Crippen molar-refractivity contribution in [1.29, 1.82) is 0 Å². The molecule has 0 saturated carbocycles. The van der Waals surface area contributed by atoms with Crippen LogP contribution in [0.2, 0.25) is 0 Å². The Morgan fingerprint density at radius 1 is 1.04 bits per heavy atom. The van der Waals surface area contributed by atoms with Crippen LogP contribution in [0.5, 0.6) is 5.75 Å². The van der Waals surface area contributed by atoms with Gasteiger partial charge in [-0.05, 0) is 60.2 Å². The number of benzene rings is 2. The number of carbonyl (C=O) groups is 2. The lowest BCUT2D eigenvalue weighted by atomic mass is 10.2. The molecule has 0 bridgehead atoms. The van der Waals surface area contributed by atoms with E-state index in [4.69, 9.17) is 4.74 Å². The van der Waals surface area contributed by atoms with Crippen molar-refractivity contribution in [2.45, 2.75) is 0 Å². The minimum atomic E-state index is -0.443. The fourth-order valence-corrected chi connectivity index (χ4v) is 2.53. The van der Waals surface area contributed by atoms with Gasteiger partial charge in [-0.1, -0.05) is 22.0 Å². The van der Waals surface area contributed by atoms with Crippen LogP contribution >= 0.6 is 15.9 Å². The molecule has 3 rings (SSSR count). The van der Waals surface area contributed by atoms with Crippen molar-refractivity contribution in [2.75, 3.05) is 0 Å². The highest BCUT2D eigenvalue weighted by molar-refractivity contribution is 9.10. The SMILES string of the molecule is O=C(NN=Cc1ccc(OC(=O)c2cccc(Br)c2)cc1)c1cccnc1. The Morgan fingerprint density at radius 3 is 2.52 bits per heavy atom. The Balaban J connectivity index is 1.57. The lowest BCUT2D eigenvalue weighted by Gasteiger charge is -2.05. The van der Waals surface area contributed by atoms with Crippen LogP contribution in [0, 0.1) is 0 Å². The molecule has 0 aliphatic heterocycles. The molecule has 0 saturated heterocycles. The summed E-state index contributed by atoms with van der Waals surface area (Å²) in [4.78, 5) is 27.8. The van der Waals surface area contributed by atoms with Crippen molar-refractivity contribution in [3.63, 3.8) is 0 Å². The maximum absolute atomic E-state index is 12.1. The van der Waals surface area contributed by atoms with Crippen molar-refractivity contribution in [1.82, 2.24) is 10.4 Å². The van der Waals surface area contributed by atoms with E-state index in [1.807, 2.05) is 6.07 Å². The van der Waals surface area contributed by atoms with E-state index in [2.05, 4.69) is 31.4 Å². The van der Waals surface area contributed by atoms with Gasteiger partial charge in [0.2, 0.25) is 0 Å². The first-order chi connectivity index (χ1) is 13.1. The Kier molecular flexibility index (Phi) is 6.06. The summed E-state index contributed by atoms with van der Waals surface area (Å²) in [5.74, 6) is -0.378. The molecule has 27 heavy (non-hydrogen) atoms. The smallest absolute Gasteiger partial charge is 0.343 e. The van der Waals surface area contributed by atoms with Crippen LogP contribution < -0.4 is 10.2 Å². The summed E-state index contributed by atoms with van der Waals surface area (Å²) < 4.78 is 6.13. The van der Waals surface area contributed by atoms with E-state index in [1.165, 1.54) is 12.4 Å². The standard InChI is InChI=1S/C20H14BrN3O3/c21-17-5-1-3-15(11-17)20(26)27-18-8-6-14(7-9-18)12-23-24-19(25)16-4-2-10-22-13-16/h1-13H,(H,24,25). The van der Waals surface area contributed by atoms with E-state index in [-0.39, 0.29) is 5.91 Å². The molecule has 0 fully saturated rings. The number of esters is 1. The number of carbonyl (C=O) groups excluding carboxylic acids is 2. The van der Waals surface area contributed by atoms with Crippen molar-refractivity contribution in [3.05, 3.63) is 94.2 Å². The highest BCUT2D eigenvalue weighted by atomic mass is 79.9. The summed E-state index contributed by atoms with van der Waals surface area (Å²) in [7, 11) is 0. The van der Waals surface area contributed by atoms with Crippen LogP contribution in [0.15, 0.2) is 82.6 Å². The fourth-order valence-electron chi connectivity index (χ4n) is 2.13. The lowest BCUT2D eigenvalue weighted by molar-refractivity contribution is 0.0734. The van der Waals surface area contributed by atoms with E-state index in [0.717, 1.165) is 10.0 Å². The van der Waals surface area contributed by atoms with Gasteiger partial charge >= 0.3 is 5.97 Å². The average Bonchev–Trinajstić information content (AvgIpc) is 2.70. The molecule has 7 heteroatoms. The third-order valence-electron chi connectivity index (χ3n) is 3.45. The van der Waals surface area contributed by atoms with Crippen LogP contribution in [0.3, 0.4) is 0 Å². The first-order valence-corrected chi connectivity index (χ1v) is 8.72. The Morgan fingerprint density at radius 2 is 1.81 bits per heavy atom. The lowest BCUT2D eigenvalue weighted by Crippen LogP contribution is -2.17. The minimum Gasteiger partial charge on any atom is -0.423 e. The number of amides is 1. The van der Waals surface area contributed by atoms with E-state index in [9.17, 15) is 9.59 Å². The van der Waals surface area contributed by atoms with Gasteiger partial charge in [0, 0.05) is 16.9 Å². The second-order valence-corrected chi connectivity index (χ2v) is 6.33. The third kappa shape index (κ3) is 5.32. The molecule has 1 amide bonds. The number of nitrogens with zero attached hydrogens (tertiary/aromatic N) is 2. The summed E-state index contributed by atoms with van der Waals surface area (Å²) >= 11 is 3.32. The quantitative estimate of drug-likeness (QED) is 0.292. The third-order valence-corrected chi connectivity index (χ3v) is 3.95. The molecule has 0 radical (unpaired) electrons. The number of hydrazone groups is 1. The molecule has 0 aliphatic carbocycles. The van der Waals surface area contributed by atoms with Gasteiger partial charge in [-0.25, -0.2) is 10.2 Å². The molecule has 6 nitrogen and oxygen atoms in total. The van der Waals surface area contributed by atoms with E-state index >= 15 is 0 Å². The zero-order chi connectivity index (χ0) is 19.1. The molecule has 2 aromatic carbocycles. The summed E-state index contributed by atoms with van der Waals surface area (Å²) in [5, 5.41) is 3.90. The molecule has 0 spiro atoms. The van der Waals surface area contributed by atoms with Gasteiger partial charge in [-0.2, -0.15) is 5.10 Å². The minimum absolute atomic E-state index is 0.348. The number of hydrogen-bond donors (Lipinski definition) is 1. The van der Waals surface area contributed by atoms with Crippen molar-refractivity contribution < 1.29 is 14.3 Å². The molecule has 0 atom stereocenters. The number of rotatable bonds is 5. The molecule has 0 unspecified atom stereocenters. The molecular formula is C20H14BrN3O3. The first-order valence-electron chi connectivity index (χ1n) is 7.93. The monoisotopic (exact) mass is 423 g/mol. The second-order valence-electron chi connectivity index (χ2n) is 5.41. The van der Waals surface area contributed by atoms with Crippen LogP contribution in [0.1, 0.15) is 26.3 Å². The van der Waals surface area contributed by atoms with Crippen molar-refractivity contribution >= 4 is 34.0 Å². The zero-order valence-corrected chi connectivity index (χ0v) is 15.6. The van der Waals surface area contributed by atoms with Crippen LogP contribution in [-0.2, 0) is 0 Å². The molecule has 1 N–H and O–H groups in total. The van der Waals surface area contributed by atoms with Crippen molar-refractivity contribution in [2.24, 2.45) is 5.10 Å². The number of nitrogens with one attached hydrogen (secondary N) is 1. The van der Waals surface area contributed by atoms with Gasteiger partial charge in [0.25, 0.3) is 5.91 Å². The predicted octanol–water partition coefficient (Wildman–Crippen LogP) is 3.83. The predicted molar refractivity (Wildman–Crippen MR) is 105 cm³/mol. The van der Waals surface area contributed by atoms with Gasteiger partial charge in [-0.15, -0.1) is 0 Å². The summed E-state index contributed by atoms with van der Waals surface area (Å²) in [6.07, 6.45) is 4.54. The molecular weight excluding hydrogens is 410 g/mol. The van der Waals surface area contributed by atoms with E-state index in [1.54, 1.807) is 60.8 Å².